The average molecular weight is 771 g/mol. The van der Waals surface area contributed by atoms with E-state index in [0.717, 1.165) is 0 Å². The summed E-state index contributed by atoms with van der Waals surface area (Å²) in [6.07, 6.45) is 2.38. The Bertz CT molecular complexity index is 1850. The van der Waals surface area contributed by atoms with E-state index in [2.05, 4.69) is 171 Å². The van der Waals surface area contributed by atoms with Gasteiger partial charge in [-0.3, -0.25) is 0 Å². The molecule has 252 valence electrons. The minimum absolute atomic E-state index is 0. The summed E-state index contributed by atoms with van der Waals surface area (Å²) in [5.41, 5.74) is 11.2. The van der Waals surface area contributed by atoms with Crippen LogP contribution in [0.1, 0.15) is 94.4 Å². The number of benzene rings is 4. The molecule has 0 nitrogen and oxygen atoms in total. The molecule has 0 aromatic heterocycles. The minimum Gasteiger partial charge on any atom is -1.00 e. The van der Waals surface area contributed by atoms with Gasteiger partial charge < -0.3 is 24.8 Å². The normalized spacial score (nSPS) is 11.8. The predicted octanol–water partition coefficient (Wildman–Crippen LogP) is 7.70. The van der Waals surface area contributed by atoms with Crippen LogP contribution in [0.4, 0.5) is 0 Å². The van der Waals surface area contributed by atoms with Crippen LogP contribution >= 0.6 is 0 Å². The molecular weight excluding hydrogens is 719 g/mol. The zero-order valence-corrected chi connectivity index (χ0v) is 35.3. The molecule has 0 saturated heterocycles. The van der Waals surface area contributed by atoms with Gasteiger partial charge in [0.1, 0.15) is 0 Å². The van der Waals surface area contributed by atoms with Crippen LogP contribution < -0.4 is 24.8 Å². The monoisotopic (exact) mass is 768 g/mol. The van der Waals surface area contributed by atoms with E-state index in [0.29, 0.717) is 17.8 Å². The Morgan fingerprint density at radius 3 is 1.40 bits per heavy atom. The molecule has 6 aromatic carbocycles. The first-order valence-electron chi connectivity index (χ1n) is 17.1. The van der Waals surface area contributed by atoms with Crippen LogP contribution in [0, 0.1) is 6.92 Å². The second-order valence-electron chi connectivity index (χ2n) is 13.5. The first-order chi connectivity index (χ1) is 22.0. The van der Waals surface area contributed by atoms with Gasteiger partial charge in [0.05, 0.1) is 0 Å². The summed E-state index contributed by atoms with van der Waals surface area (Å²) in [5, 5.41) is 5.43. The van der Waals surface area contributed by atoms with E-state index in [1.165, 1.54) is 78.9 Å². The van der Waals surface area contributed by atoms with E-state index in [-0.39, 0.29) is 30.2 Å². The van der Waals surface area contributed by atoms with Gasteiger partial charge in [0, 0.05) is 0 Å². The molecule has 6 rings (SSSR count). The molecule has 0 saturated carbocycles. The molecule has 0 fully saturated rings. The van der Waals surface area contributed by atoms with E-state index in [1.807, 2.05) is 0 Å². The van der Waals surface area contributed by atoms with Crippen LogP contribution in [-0.2, 0) is 23.3 Å². The molecule has 0 heterocycles. The van der Waals surface area contributed by atoms with Crippen molar-refractivity contribution in [2.75, 3.05) is 0 Å². The van der Waals surface area contributed by atoms with Crippen LogP contribution in [0.5, 0.6) is 0 Å². The fourth-order valence-corrected chi connectivity index (χ4v) is 5.93. The third kappa shape index (κ3) is 10.9. The SMILES string of the molecule is CCC(C)c1ccc(-c2cccc3[cH-]c(C(C)C)cc23)cc1.CCC(C)c1ccc(-c2cccc3[cH-]c(C)cc23)cc1.C[Si](C)=[Zr+2].[Cl-].[Cl-]. The standard InChI is InChI=1S/C22H25.C20H21.C2H6Si.2ClH.Zr/c1-5-16(4)17-9-11-18(12-10-17)21-8-6-7-19-13-20(15(2)3)14-22(19)21;1-4-15(3)16-8-10-17(11-9-16)19-7-5-6-18-12-14(2)13-20(18)19;1-3-2;;;/h6-16H,5H2,1-4H3;5-13,15H,4H2,1-3H3;1-2H3;2*1H;/q2*-1;;;;+2/p-2. The Balaban J connectivity index is 0.000000290. The van der Waals surface area contributed by atoms with Crippen LogP contribution in [0.15, 0.2) is 109 Å². The summed E-state index contributed by atoms with van der Waals surface area (Å²) in [6, 6.07) is 40.6. The molecule has 0 N–H and O–H groups in total. The maximum absolute atomic E-state index is 2.36. The molecule has 0 aliphatic rings. The maximum atomic E-state index is 2.36. The molecule has 0 amide bonds. The number of hydrogen-bond donors (Lipinski definition) is 0. The topological polar surface area (TPSA) is 0 Å². The Hall–Kier alpha value is -2.22. The Labute approximate surface area is 318 Å². The van der Waals surface area contributed by atoms with Crippen LogP contribution in [0.3, 0.4) is 0 Å². The Kier molecular flexibility index (Phi) is 17.3. The summed E-state index contributed by atoms with van der Waals surface area (Å²) in [6.45, 7) is 20.4. The van der Waals surface area contributed by atoms with Crippen molar-refractivity contribution in [2.24, 2.45) is 0 Å². The summed E-state index contributed by atoms with van der Waals surface area (Å²) in [4.78, 5) is 0. The quantitative estimate of drug-likeness (QED) is 0.115. The number of hydrogen-bond acceptors (Lipinski definition) is 0. The molecule has 6 aromatic rings. The van der Waals surface area contributed by atoms with Crippen LogP contribution in [0.25, 0.3) is 43.8 Å². The average Bonchev–Trinajstić information content (AvgIpc) is 3.67. The van der Waals surface area contributed by atoms with E-state index < -0.39 is 0 Å². The third-order valence-electron chi connectivity index (χ3n) is 9.14. The van der Waals surface area contributed by atoms with Gasteiger partial charge in [-0.15, -0.1) is 69.1 Å². The molecule has 0 aliphatic heterocycles. The fourth-order valence-electron chi connectivity index (χ4n) is 5.93. The van der Waals surface area contributed by atoms with Crippen molar-refractivity contribution in [3.63, 3.8) is 0 Å². The second-order valence-corrected chi connectivity index (χ2v) is 22.8. The van der Waals surface area contributed by atoms with E-state index in [9.17, 15) is 0 Å². The summed E-state index contributed by atoms with van der Waals surface area (Å²) in [7, 11) is 0. The first kappa shape index (κ1) is 41.9. The third-order valence-corrected chi connectivity index (χ3v) is 9.14. The van der Waals surface area contributed by atoms with Gasteiger partial charge in [0.15, 0.2) is 0 Å². The van der Waals surface area contributed by atoms with Crippen molar-refractivity contribution in [1.82, 2.24) is 0 Å². The van der Waals surface area contributed by atoms with Gasteiger partial charge in [0.2, 0.25) is 0 Å². The number of rotatable bonds is 7. The molecule has 0 radical (unpaired) electrons. The molecule has 4 heteroatoms. The van der Waals surface area contributed by atoms with Gasteiger partial charge in [-0.1, -0.05) is 120 Å². The van der Waals surface area contributed by atoms with Crippen molar-refractivity contribution in [3.05, 3.63) is 131 Å². The first-order valence-corrected chi connectivity index (χ1v) is 23.3. The predicted molar refractivity (Wildman–Crippen MR) is 204 cm³/mol. The van der Waals surface area contributed by atoms with Crippen molar-refractivity contribution in [1.29, 1.82) is 0 Å². The molecule has 48 heavy (non-hydrogen) atoms. The molecule has 0 aliphatic carbocycles. The largest absolute Gasteiger partial charge is 1.00 e. The Morgan fingerprint density at radius 2 is 1.00 bits per heavy atom. The van der Waals surface area contributed by atoms with E-state index in [1.54, 1.807) is 23.3 Å². The van der Waals surface area contributed by atoms with Crippen molar-refractivity contribution in [2.45, 2.75) is 92.2 Å². The molecular formula is C44H52Cl2SiZr-2. The summed E-state index contributed by atoms with van der Waals surface area (Å²) in [5.74, 6) is 1.85. The van der Waals surface area contributed by atoms with Crippen LogP contribution in [-0.4, -0.2) is 5.43 Å². The van der Waals surface area contributed by atoms with Gasteiger partial charge in [-0.25, -0.2) is 0 Å². The number of fused-ring (bicyclic) bond motifs is 2. The van der Waals surface area contributed by atoms with Gasteiger partial charge >= 0.3 is 41.9 Å². The van der Waals surface area contributed by atoms with Gasteiger partial charge in [-0.2, -0.15) is 12.1 Å². The maximum Gasteiger partial charge on any atom is -1.00 e. The zero-order valence-electron chi connectivity index (χ0n) is 30.3. The molecule has 0 bridgehead atoms. The molecule has 2 atom stereocenters. The Morgan fingerprint density at radius 1 is 0.604 bits per heavy atom. The summed E-state index contributed by atoms with van der Waals surface area (Å²) < 4.78 is 0. The van der Waals surface area contributed by atoms with E-state index >= 15 is 0 Å². The van der Waals surface area contributed by atoms with E-state index in [4.69, 9.17) is 0 Å². The van der Waals surface area contributed by atoms with Crippen LogP contribution in [0.2, 0.25) is 13.1 Å². The number of aryl methyl sites for hydroxylation is 1. The molecule has 0 spiro atoms. The number of halogens is 2. The van der Waals surface area contributed by atoms with Crippen molar-refractivity contribution >= 4 is 27.0 Å². The van der Waals surface area contributed by atoms with Gasteiger partial charge in [0.25, 0.3) is 0 Å². The summed E-state index contributed by atoms with van der Waals surface area (Å²) >= 11 is 1.74. The van der Waals surface area contributed by atoms with Gasteiger partial charge in [-0.05, 0) is 52.8 Å². The second kappa shape index (κ2) is 19.8. The van der Waals surface area contributed by atoms with Crippen molar-refractivity contribution in [3.8, 4) is 22.3 Å². The fraction of sp³-hybridized carbons (Fsp3) is 0.318. The van der Waals surface area contributed by atoms with Crippen molar-refractivity contribution < 1.29 is 48.1 Å². The zero-order chi connectivity index (χ0) is 33.4. The smallest absolute Gasteiger partial charge is 1.00 e. The minimum atomic E-state index is 0. The molecule has 2 unspecified atom stereocenters.